The summed E-state index contributed by atoms with van der Waals surface area (Å²) in [5.74, 6) is -0.325. The van der Waals surface area contributed by atoms with Crippen LogP contribution in [0.5, 0.6) is 0 Å². The van der Waals surface area contributed by atoms with E-state index < -0.39 is 9.84 Å². The molecule has 0 radical (unpaired) electrons. The van der Waals surface area contributed by atoms with E-state index in [4.69, 9.17) is 0 Å². The smallest absolute Gasteiger partial charge is 0.220 e. The van der Waals surface area contributed by atoms with Gasteiger partial charge in [0.25, 0.3) is 0 Å². The van der Waals surface area contributed by atoms with Crippen molar-refractivity contribution in [2.75, 3.05) is 11.5 Å². The molecule has 110 valence electrons. The average molecular weight is 299 g/mol. The van der Waals surface area contributed by atoms with Gasteiger partial charge >= 0.3 is 0 Å². The highest BCUT2D eigenvalue weighted by Crippen LogP contribution is 2.20. The summed E-state index contributed by atoms with van der Waals surface area (Å²) in [5, 5.41) is 2.75. The highest BCUT2D eigenvalue weighted by Gasteiger charge is 2.29. The summed E-state index contributed by atoms with van der Waals surface area (Å²) in [6, 6.07) is 5.79. The molecule has 2 rings (SSSR count). The van der Waals surface area contributed by atoms with Crippen molar-refractivity contribution < 1.29 is 17.6 Å². The van der Waals surface area contributed by atoms with Crippen molar-refractivity contribution in [3.8, 4) is 0 Å². The number of nitrogens with one attached hydrogen (secondary N) is 1. The van der Waals surface area contributed by atoms with Crippen LogP contribution >= 0.6 is 0 Å². The van der Waals surface area contributed by atoms with Crippen LogP contribution in [-0.2, 0) is 14.6 Å². The van der Waals surface area contributed by atoms with Gasteiger partial charge in [0, 0.05) is 12.5 Å². The largest absolute Gasteiger partial charge is 0.352 e. The van der Waals surface area contributed by atoms with Crippen LogP contribution in [0.25, 0.3) is 0 Å². The molecule has 2 atom stereocenters. The van der Waals surface area contributed by atoms with Crippen molar-refractivity contribution in [2.24, 2.45) is 0 Å². The molecule has 20 heavy (non-hydrogen) atoms. The van der Waals surface area contributed by atoms with Crippen molar-refractivity contribution in [1.29, 1.82) is 0 Å². The van der Waals surface area contributed by atoms with Crippen LogP contribution in [0.3, 0.4) is 0 Å². The van der Waals surface area contributed by atoms with E-state index in [0.29, 0.717) is 6.42 Å². The van der Waals surface area contributed by atoms with Gasteiger partial charge in [-0.05, 0) is 30.0 Å². The third-order valence-electron chi connectivity index (χ3n) is 3.53. The van der Waals surface area contributed by atoms with Gasteiger partial charge in [-0.3, -0.25) is 4.79 Å². The molecule has 1 fully saturated rings. The number of hydrogen-bond acceptors (Lipinski definition) is 3. The lowest BCUT2D eigenvalue weighted by atomic mass is 9.97. The summed E-state index contributed by atoms with van der Waals surface area (Å²) in [7, 11) is -2.98. The van der Waals surface area contributed by atoms with Crippen molar-refractivity contribution >= 4 is 15.7 Å². The topological polar surface area (TPSA) is 63.2 Å². The molecule has 2 unspecified atom stereocenters. The van der Waals surface area contributed by atoms with E-state index in [0.717, 1.165) is 5.56 Å². The van der Waals surface area contributed by atoms with E-state index in [1.807, 2.05) is 6.92 Å². The summed E-state index contributed by atoms with van der Waals surface area (Å²) in [5.41, 5.74) is 0.889. The molecule has 1 saturated heterocycles. The minimum absolute atomic E-state index is 0.0314. The molecule has 0 spiro atoms. The normalized spacial score (nSPS) is 22.4. The van der Waals surface area contributed by atoms with Crippen molar-refractivity contribution in [2.45, 2.75) is 31.7 Å². The fourth-order valence-electron chi connectivity index (χ4n) is 2.38. The van der Waals surface area contributed by atoms with E-state index in [1.54, 1.807) is 12.1 Å². The van der Waals surface area contributed by atoms with Crippen molar-refractivity contribution in [1.82, 2.24) is 5.32 Å². The Labute approximate surface area is 118 Å². The zero-order chi connectivity index (χ0) is 14.8. The molecular weight excluding hydrogens is 281 g/mol. The van der Waals surface area contributed by atoms with E-state index >= 15 is 0 Å². The number of carbonyl (C=O) groups is 1. The monoisotopic (exact) mass is 299 g/mol. The lowest BCUT2D eigenvalue weighted by molar-refractivity contribution is -0.121. The lowest BCUT2D eigenvalue weighted by Gasteiger charge is -2.15. The molecule has 1 aliphatic rings. The minimum atomic E-state index is -2.98. The first kappa shape index (κ1) is 15.0. The van der Waals surface area contributed by atoms with Gasteiger partial charge in [0.05, 0.1) is 11.5 Å². The second kappa shape index (κ2) is 5.91. The molecule has 0 aromatic heterocycles. The second-order valence-corrected chi connectivity index (χ2v) is 7.55. The molecule has 1 heterocycles. The van der Waals surface area contributed by atoms with Gasteiger partial charge in [0.15, 0.2) is 9.84 Å². The lowest BCUT2D eigenvalue weighted by Crippen LogP contribution is -2.36. The van der Waals surface area contributed by atoms with Crippen LogP contribution in [0.1, 0.15) is 31.2 Å². The maximum absolute atomic E-state index is 12.8. The molecular formula is C14H18FNO3S. The summed E-state index contributed by atoms with van der Waals surface area (Å²) >= 11 is 0. The number of hydrogen-bond donors (Lipinski definition) is 1. The van der Waals surface area contributed by atoms with E-state index in [-0.39, 0.29) is 41.6 Å². The molecule has 0 bridgehead atoms. The summed E-state index contributed by atoms with van der Waals surface area (Å²) < 4.78 is 35.4. The maximum atomic E-state index is 12.8. The van der Waals surface area contributed by atoms with Crippen molar-refractivity contribution in [3.63, 3.8) is 0 Å². The van der Waals surface area contributed by atoms with Gasteiger partial charge < -0.3 is 5.32 Å². The SMILES string of the molecule is CC(CC(=O)NC1CCS(=O)(=O)C1)c1ccc(F)cc1. The first-order valence-electron chi connectivity index (χ1n) is 6.61. The molecule has 1 aromatic carbocycles. The molecule has 1 amide bonds. The number of carbonyl (C=O) groups excluding carboxylic acids is 1. The molecule has 1 aromatic rings. The predicted molar refractivity (Wildman–Crippen MR) is 74.6 cm³/mol. The molecule has 0 aliphatic carbocycles. The highest BCUT2D eigenvalue weighted by atomic mass is 32.2. The van der Waals surface area contributed by atoms with Crippen LogP contribution in [0.2, 0.25) is 0 Å². The van der Waals surface area contributed by atoms with Gasteiger partial charge in [0.2, 0.25) is 5.91 Å². The maximum Gasteiger partial charge on any atom is 0.220 e. The Morgan fingerprint density at radius 3 is 2.60 bits per heavy atom. The van der Waals surface area contributed by atoms with Gasteiger partial charge in [-0.2, -0.15) is 0 Å². The zero-order valence-electron chi connectivity index (χ0n) is 11.3. The molecule has 6 heteroatoms. The number of halogens is 1. The molecule has 0 saturated carbocycles. The second-order valence-electron chi connectivity index (χ2n) is 5.32. The summed E-state index contributed by atoms with van der Waals surface area (Å²) in [4.78, 5) is 11.9. The predicted octanol–water partition coefficient (Wildman–Crippen LogP) is 1.62. The van der Waals surface area contributed by atoms with E-state index in [1.165, 1.54) is 12.1 Å². The fourth-order valence-corrected chi connectivity index (χ4v) is 4.06. The standard InChI is InChI=1S/C14H18FNO3S/c1-10(11-2-4-12(15)5-3-11)8-14(17)16-13-6-7-20(18,19)9-13/h2-5,10,13H,6-9H2,1H3,(H,16,17). The Morgan fingerprint density at radius 2 is 2.05 bits per heavy atom. The molecule has 1 aliphatic heterocycles. The number of benzene rings is 1. The molecule has 4 nitrogen and oxygen atoms in total. The van der Waals surface area contributed by atoms with Gasteiger partial charge in [0.1, 0.15) is 5.82 Å². The van der Waals surface area contributed by atoms with Gasteiger partial charge in [-0.1, -0.05) is 19.1 Å². The summed E-state index contributed by atoms with van der Waals surface area (Å²) in [6.07, 6.45) is 0.751. The van der Waals surface area contributed by atoms with Gasteiger partial charge in [-0.15, -0.1) is 0 Å². The van der Waals surface area contributed by atoms with Crippen LogP contribution in [0.15, 0.2) is 24.3 Å². The Kier molecular flexibility index (Phi) is 4.42. The Morgan fingerprint density at radius 1 is 1.40 bits per heavy atom. The first-order valence-corrected chi connectivity index (χ1v) is 8.43. The zero-order valence-corrected chi connectivity index (χ0v) is 12.1. The van der Waals surface area contributed by atoms with Crippen LogP contribution in [-0.4, -0.2) is 31.9 Å². The average Bonchev–Trinajstić information content (AvgIpc) is 2.69. The summed E-state index contributed by atoms with van der Waals surface area (Å²) in [6.45, 7) is 1.89. The number of sulfone groups is 1. The Hall–Kier alpha value is -1.43. The molecule has 1 N–H and O–H groups in total. The fraction of sp³-hybridized carbons (Fsp3) is 0.500. The number of amides is 1. The third-order valence-corrected chi connectivity index (χ3v) is 5.30. The Bertz CT molecular complexity index is 583. The van der Waals surface area contributed by atoms with Crippen molar-refractivity contribution in [3.05, 3.63) is 35.6 Å². The van der Waals surface area contributed by atoms with E-state index in [9.17, 15) is 17.6 Å². The third kappa shape index (κ3) is 4.03. The van der Waals surface area contributed by atoms with Crippen LogP contribution in [0, 0.1) is 5.82 Å². The first-order chi connectivity index (χ1) is 9.35. The van der Waals surface area contributed by atoms with Gasteiger partial charge in [-0.25, -0.2) is 12.8 Å². The minimum Gasteiger partial charge on any atom is -0.352 e. The number of rotatable bonds is 4. The Balaban J connectivity index is 1.87. The quantitative estimate of drug-likeness (QED) is 0.919. The highest BCUT2D eigenvalue weighted by molar-refractivity contribution is 7.91. The van der Waals surface area contributed by atoms with Crippen LogP contribution < -0.4 is 5.32 Å². The van der Waals surface area contributed by atoms with Crippen LogP contribution in [0.4, 0.5) is 4.39 Å². The van der Waals surface area contributed by atoms with E-state index in [2.05, 4.69) is 5.32 Å².